The van der Waals surface area contributed by atoms with Crippen LogP contribution in [0.5, 0.6) is 0 Å². The van der Waals surface area contributed by atoms with Gasteiger partial charge in [0, 0.05) is 5.56 Å². The van der Waals surface area contributed by atoms with Gasteiger partial charge in [-0.25, -0.2) is 0 Å². The van der Waals surface area contributed by atoms with Crippen molar-refractivity contribution < 1.29 is 9.53 Å². The molecule has 96 valence electrons. The lowest BCUT2D eigenvalue weighted by Gasteiger charge is -2.10. The molecule has 0 aliphatic heterocycles. The smallest absolute Gasteiger partial charge is 0.188 e. The van der Waals surface area contributed by atoms with Crippen LogP contribution in [0, 0.1) is 0 Å². The van der Waals surface area contributed by atoms with Gasteiger partial charge in [-0.05, 0) is 49.3 Å². The SMILES string of the molecule is O=C(COC1CCCC1)c1ccc2c(c1)CCC2. The number of fused-ring (bicyclic) bond motifs is 1. The molecular formula is C16H20O2. The third kappa shape index (κ3) is 2.49. The minimum absolute atomic E-state index is 0.136. The van der Waals surface area contributed by atoms with Crippen molar-refractivity contribution >= 4 is 5.78 Å². The van der Waals surface area contributed by atoms with Crippen molar-refractivity contribution in [2.45, 2.75) is 51.0 Å². The molecule has 0 heterocycles. The molecule has 0 unspecified atom stereocenters. The van der Waals surface area contributed by atoms with E-state index in [1.54, 1.807) is 0 Å². The van der Waals surface area contributed by atoms with E-state index in [2.05, 4.69) is 12.1 Å². The van der Waals surface area contributed by atoms with Gasteiger partial charge in [-0.15, -0.1) is 0 Å². The van der Waals surface area contributed by atoms with Crippen molar-refractivity contribution in [2.24, 2.45) is 0 Å². The first-order valence-electron chi connectivity index (χ1n) is 7.09. The number of aryl methyl sites for hydroxylation is 2. The second-order valence-corrected chi connectivity index (χ2v) is 5.48. The molecule has 2 heteroatoms. The van der Waals surface area contributed by atoms with Gasteiger partial charge in [0.15, 0.2) is 5.78 Å². The third-order valence-electron chi connectivity index (χ3n) is 4.17. The molecule has 3 rings (SSSR count). The number of ether oxygens (including phenoxy) is 1. The summed E-state index contributed by atoms with van der Waals surface area (Å²) in [6.07, 6.45) is 8.58. The Balaban J connectivity index is 1.61. The van der Waals surface area contributed by atoms with Crippen molar-refractivity contribution in [1.29, 1.82) is 0 Å². The molecular weight excluding hydrogens is 224 g/mol. The summed E-state index contributed by atoms with van der Waals surface area (Å²) in [6.45, 7) is 0.253. The Hall–Kier alpha value is -1.15. The van der Waals surface area contributed by atoms with E-state index in [0.717, 1.165) is 24.8 Å². The lowest BCUT2D eigenvalue weighted by atomic mass is 10.0. The van der Waals surface area contributed by atoms with E-state index in [1.807, 2.05) is 6.07 Å². The molecule has 18 heavy (non-hydrogen) atoms. The van der Waals surface area contributed by atoms with Crippen LogP contribution in [0.15, 0.2) is 18.2 Å². The van der Waals surface area contributed by atoms with Crippen LogP contribution in [0.1, 0.15) is 53.6 Å². The Morgan fingerprint density at radius 2 is 1.89 bits per heavy atom. The van der Waals surface area contributed by atoms with Crippen molar-refractivity contribution in [1.82, 2.24) is 0 Å². The predicted molar refractivity (Wildman–Crippen MR) is 71.0 cm³/mol. The summed E-state index contributed by atoms with van der Waals surface area (Å²) in [5, 5.41) is 0. The van der Waals surface area contributed by atoms with Crippen LogP contribution in [0.4, 0.5) is 0 Å². The average Bonchev–Trinajstić information content (AvgIpc) is 3.05. The molecule has 1 saturated carbocycles. The third-order valence-corrected chi connectivity index (χ3v) is 4.17. The van der Waals surface area contributed by atoms with E-state index in [0.29, 0.717) is 6.10 Å². The Kier molecular flexibility index (Phi) is 3.46. The highest BCUT2D eigenvalue weighted by Gasteiger charge is 2.18. The van der Waals surface area contributed by atoms with Crippen LogP contribution in [0.3, 0.4) is 0 Å². The Bertz CT molecular complexity index is 444. The first kappa shape index (κ1) is 11.9. The number of ketones is 1. The second-order valence-electron chi connectivity index (χ2n) is 5.48. The maximum absolute atomic E-state index is 12.1. The van der Waals surface area contributed by atoms with Crippen LogP contribution in [-0.4, -0.2) is 18.5 Å². The van der Waals surface area contributed by atoms with Gasteiger partial charge in [0.05, 0.1) is 6.10 Å². The van der Waals surface area contributed by atoms with E-state index < -0.39 is 0 Å². The van der Waals surface area contributed by atoms with Crippen LogP contribution >= 0.6 is 0 Å². The fourth-order valence-corrected chi connectivity index (χ4v) is 3.08. The highest BCUT2D eigenvalue weighted by molar-refractivity contribution is 5.97. The number of carbonyl (C=O) groups excluding carboxylic acids is 1. The Labute approximate surface area is 108 Å². The van der Waals surface area contributed by atoms with Gasteiger partial charge in [0.2, 0.25) is 0 Å². The molecule has 0 N–H and O–H groups in total. The fraction of sp³-hybridized carbons (Fsp3) is 0.562. The van der Waals surface area contributed by atoms with E-state index in [1.165, 1.54) is 36.8 Å². The second kappa shape index (κ2) is 5.23. The molecule has 0 saturated heterocycles. The largest absolute Gasteiger partial charge is 0.370 e. The van der Waals surface area contributed by atoms with E-state index >= 15 is 0 Å². The van der Waals surface area contributed by atoms with Gasteiger partial charge >= 0.3 is 0 Å². The number of carbonyl (C=O) groups is 1. The molecule has 1 aromatic rings. The zero-order chi connectivity index (χ0) is 12.4. The summed E-state index contributed by atoms with van der Waals surface area (Å²) < 4.78 is 5.69. The van der Waals surface area contributed by atoms with E-state index in [9.17, 15) is 4.79 Å². The van der Waals surface area contributed by atoms with Gasteiger partial charge in [-0.2, -0.15) is 0 Å². The molecule has 1 fully saturated rings. The zero-order valence-corrected chi connectivity index (χ0v) is 10.8. The van der Waals surface area contributed by atoms with Crippen molar-refractivity contribution in [3.8, 4) is 0 Å². The average molecular weight is 244 g/mol. The van der Waals surface area contributed by atoms with Gasteiger partial charge in [0.25, 0.3) is 0 Å². The first-order valence-corrected chi connectivity index (χ1v) is 7.09. The molecule has 0 amide bonds. The van der Waals surface area contributed by atoms with Crippen LogP contribution in [0.25, 0.3) is 0 Å². The fourth-order valence-electron chi connectivity index (χ4n) is 3.08. The molecule has 0 bridgehead atoms. The maximum atomic E-state index is 12.1. The standard InChI is InChI=1S/C16H20O2/c17-16(11-18-15-6-1-2-7-15)14-9-8-12-4-3-5-13(12)10-14/h8-10,15H,1-7,11H2. The van der Waals surface area contributed by atoms with E-state index in [-0.39, 0.29) is 12.4 Å². The first-order chi connectivity index (χ1) is 8.83. The quantitative estimate of drug-likeness (QED) is 0.759. The monoisotopic (exact) mass is 244 g/mol. The molecule has 2 aliphatic carbocycles. The number of hydrogen-bond donors (Lipinski definition) is 0. The van der Waals surface area contributed by atoms with Gasteiger partial charge in [0.1, 0.15) is 6.61 Å². The molecule has 0 spiro atoms. The van der Waals surface area contributed by atoms with E-state index in [4.69, 9.17) is 4.74 Å². The van der Waals surface area contributed by atoms with Gasteiger partial charge in [-0.1, -0.05) is 25.0 Å². The molecule has 0 aromatic heterocycles. The van der Waals surface area contributed by atoms with Gasteiger partial charge in [-0.3, -0.25) is 4.79 Å². The number of Topliss-reactive ketones (excluding diaryl/α,β-unsaturated/α-hetero) is 1. The van der Waals surface area contributed by atoms with Crippen molar-refractivity contribution in [3.63, 3.8) is 0 Å². The van der Waals surface area contributed by atoms with Crippen LogP contribution in [0.2, 0.25) is 0 Å². The highest BCUT2D eigenvalue weighted by atomic mass is 16.5. The molecule has 0 radical (unpaired) electrons. The molecule has 2 nitrogen and oxygen atoms in total. The number of hydrogen-bond acceptors (Lipinski definition) is 2. The van der Waals surface area contributed by atoms with Gasteiger partial charge < -0.3 is 4.74 Å². The topological polar surface area (TPSA) is 26.3 Å². The number of benzene rings is 1. The van der Waals surface area contributed by atoms with Crippen LogP contribution in [-0.2, 0) is 17.6 Å². The summed E-state index contributed by atoms with van der Waals surface area (Å²) >= 11 is 0. The summed E-state index contributed by atoms with van der Waals surface area (Å²) in [5.74, 6) is 0.136. The lowest BCUT2D eigenvalue weighted by Crippen LogP contribution is -2.16. The molecule has 0 atom stereocenters. The molecule has 1 aromatic carbocycles. The molecule has 2 aliphatic rings. The minimum Gasteiger partial charge on any atom is -0.370 e. The maximum Gasteiger partial charge on any atom is 0.188 e. The van der Waals surface area contributed by atoms with Crippen molar-refractivity contribution in [3.05, 3.63) is 34.9 Å². The summed E-state index contributed by atoms with van der Waals surface area (Å²) in [6, 6.07) is 6.15. The Morgan fingerprint density at radius 1 is 1.11 bits per heavy atom. The lowest BCUT2D eigenvalue weighted by molar-refractivity contribution is 0.0482. The normalized spacial score (nSPS) is 19.1. The highest BCUT2D eigenvalue weighted by Crippen LogP contribution is 2.24. The van der Waals surface area contributed by atoms with Crippen LogP contribution < -0.4 is 0 Å². The van der Waals surface area contributed by atoms with Crippen molar-refractivity contribution in [2.75, 3.05) is 6.61 Å². The summed E-state index contributed by atoms with van der Waals surface area (Å²) in [5.41, 5.74) is 3.61. The summed E-state index contributed by atoms with van der Waals surface area (Å²) in [7, 11) is 0. The zero-order valence-electron chi connectivity index (χ0n) is 10.8. The number of rotatable bonds is 4. The minimum atomic E-state index is 0.136. The Morgan fingerprint density at radius 3 is 2.72 bits per heavy atom. The predicted octanol–water partition coefficient (Wildman–Crippen LogP) is 3.32. The summed E-state index contributed by atoms with van der Waals surface area (Å²) in [4.78, 5) is 12.1.